The van der Waals surface area contributed by atoms with Crippen LogP contribution >= 0.6 is 27.5 Å². The average molecular weight is 325 g/mol. The van der Waals surface area contributed by atoms with Crippen LogP contribution in [0.5, 0.6) is 0 Å². The second-order valence-corrected chi connectivity index (χ2v) is 5.68. The van der Waals surface area contributed by atoms with Gasteiger partial charge < -0.3 is 5.32 Å². The third-order valence-corrected chi connectivity index (χ3v) is 4.11. The van der Waals surface area contributed by atoms with E-state index in [1.165, 1.54) is 17.5 Å². The number of fused-ring (bicyclic) bond motifs is 1. The topological polar surface area (TPSA) is 37.8 Å². The fourth-order valence-electron chi connectivity index (χ4n) is 2.28. The van der Waals surface area contributed by atoms with Crippen LogP contribution in [0.2, 0.25) is 0 Å². The lowest BCUT2D eigenvalue weighted by Crippen LogP contribution is -2.17. The molecule has 5 heteroatoms. The molecule has 3 rings (SSSR count). The SMILES string of the molecule is ClC1Cc2ccccc2C1Nc1ncncc1Br. The van der Waals surface area contributed by atoms with E-state index in [9.17, 15) is 0 Å². The Hall–Kier alpha value is -1.13. The summed E-state index contributed by atoms with van der Waals surface area (Å²) in [7, 11) is 0. The van der Waals surface area contributed by atoms with Crippen molar-refractivity contribution in [1.82, 2.24) is 9.97 Å². The minimum absolute atomic E-state index is 0.0456. The number of anilines is 1. The smallest absolute Gasteiger partial charge is 0.144 e. The van der Waals surface area contributed by atoms with E-state index < -0.39 is 0 Å². The van der Waals surface area contributed by atoms with Crippen LogP contribution in [0, 0.1) is 0 Å². The predicted octanol–water partition coefficient (Wildman–Crippen LogP) is 3.56. The molecule has 1 aliphatic rings. The molecule has 2 aromatic rings. The molecular formula is C13H11BrClN3. The van der Waals surface area contributed by atoms with E-state index >= 15 is 0 Å². The Morgan fingerprint density at radius 1 is 1.33 bits per heavy atom. The molecule has 0 radical (unpaired) electrons. The van der Waals surface area contributed by atoms with E-state index in [4.69, 9.17) is 11.6 Å². The minimum Gasteiger partial charge on any atom is -0.361 e. The van der Waals surface area contributed by atoms with Gasteiger partial charge in [-0.3, -0.25) is 0 Å². The highest BCUT2D eigenvalue weighted by molar-refractivity contribution is 9.10. The van der Waals surface area contributed by atoms with E-state index in [1.807, 2.05) is 12.1 Å². The van der Waals surface area contributed by atoms with Gasteiger partial charge in [0.25, 0.3) is 0 Å². The summed E-state index contributed by atoms with van der Waals surface area (Å²) < 4.78 is 0.846. The maximum Gasteiger partial charge on any atom is 0.144 e. The van der Waals surface area contributed by atoms with Gasteiger partial charge in [-0.1, -0.05) is 24.3 Å². The molecule has 0 spiro atoms. The molecule has 0 bridgehead atoms. The second-order valence-electron chi connectivity index (χ2n) is 4.26. The predicted molar refractivity (Wildman–Crippen MR) is 75.9 cm³/mol. The Morgan fingerprint density at radius 3 is 3.00 bits per heavy atom. The standard InChI is InChI=1S/C13H11BrClN3/c14-10-6-16-7-17-13(10)18-12-9-4-2-1-3-8(9)5-11(12)15/h1-4,6-7,11-12H,5H2,(H,16,17,18). The quantitative estimate of drug-likeness (QED) is 0.858. The summed E-state index contributed by atoms with van der Waals surface area (Å²) in [6, 6.07) is 8.42. The first-order valence-corrected chi connectivity index (χ1v) is 6.92. The van der Waals surface area contributed by atoms with Crippen molar-refractivity contribution in [2.24, 2.45) is 0 Å². The molecule has 2 unspecified atom stereocenters. The number of halogens is 2. The van der Waals surface area contributed by atoms with Crippen LogP contribution in [0.4, 0.5) is 5.82 Å². The maximum atomic E-state index is 6.42. The summed E-state index contributed by atoms with van der Waals surface area (Å²) in [5.74, 6) is 0.775. The number of alkyl halides is 1. The summed E-state index contributed by atoms with van der Waals surface area (Å²) in [4.78, 5) is 8.17. The van der Waals surface area contributed by atoms with E-state index in [0.29, 0.717) is 0 Å². The van der Waals surface area contributed by atoms with E-state index in [2.05, 4.69) is 43.3 Å². The molecule has 2 atom stereocenters. The zero-order valence-electron chi connectivity index (χ0n) is 9.48. The Balaban J connectivity index is 1.92. The van der Waals surface area contributed by atoms with Crippen molar-refractivity contribution < 1.29 is 0 Å². The largest absolute Gasteiger partial charge is 0.361 e. The van der Waals surface area contributed by atoms with Gasteiger partial charge >= 0.3 is 0 Å². The molecule has 1 aromatic heterocycles. The Labute approximate surface area is 119 Å². The van der Waals surface area contributed by atoms with E-state index in [0.717, 1.165) is 16.7 Å². The number of nitrogens with zero attached hydrogens (tertiary/aromatic N) is 2. The maximum absolute atomic E-state index is 6.42. The second kappa shape index (κ2) is 4.86. The fraction of sp³-hybridized carbons (Fsp3) is 0.231. The van der Waals surface area contributed by atoms with Gasteiger partial charge in [0, 0.05) is 6.20 Å². The molecule has 0 saturated heterocycles. The van der Waals surface area contributed by atoms with Crippen molar-refractivity contribution in [2.45, 2.75) is 17.8 Å². The van der Waals surface area contributed by atoms with Crippen LogP contribution in [0.1, 0.15) is 17.2 Å². The first kappa shape index (κ1) is 11.9. The highest BCUT2D eigenvalue weighted by Crippen LogP contribution is 2.37. The summed E-state index contributed by atoms with van der Waals surface area (Å²) in [5.41, 5.74) is 2.56. The van der Waals surface area contributed by atoms with E-state index in [-0.39, 0.29) is 11.4 Å². The number of benzene rings is 1. The number of aromatic nitrogens is 2. The van der Waals surface area contributed by atoms with Gasteiger partial charge in [-0.05, 0) is 33.5 Å². The Bertz CT molecular complexity index is 576. The van der Waals surface area contributed by atoms with Gasteiger partial charge in [0.15, 0.2) is 0 Å². The lowest BCUT2D eigenvalue weighted by atomic mass is 10.1. The molecule has 92 valence electrons. The van der Waals surface area contributed by atoms with Crippen molar-refractivity contribution in [3.05, 3.63) is 52.4 Å². The van der Waals surface area contributed by atoms with Gasteiger partial charge in [-0.25, -0.2) is 9.97 Å². The fourth-order valence-corrected chi connectivity index (χ4v) is 2.98. The van der Waals surface area contributed by atoms with Crippen molar-refractivity contribution >= 4 is 33.3 Å². The number of hydrogen-bond acceptors (Lipinski definition) is 3. The van der Waals surface area contributed by atoms with Crippen LogP contribution in [0.15, 0.2) is 41.3 Å². The van der Waals surface area contributed by atoms with Gasteiger partial charge in [-0.2, -0.15) is 0 Å². The Kier molecular flexibility index (Phi) is 3.22. The van der Waals surface area contributed by atoms with Crippen LogP contribution in [0.25, 0.3) is 0 Å². The van der Waals surface area contributed by atoms with Crippen molar-refractivity contribution in [1.29, 1.82) is 0 Å². The van der Waals surface area contributed by atoms with E-state index in [1.54, 1.807) is 6.20 Å². The highest BCUT2D eigenvalue weighted by Gasteiger charge is 2.31. The van der Waals surface area contributed by atoms with Gasteiger partial charge in [0.1, 0.15) is 12.1 Å². The lowest BCUT2D eigenvalue weighted by molar-refractivity contribution is 0.765. The highest BCUT2D eigenvalue weighted by atomic mass is 79.9. The van der Waals surface area contributed by atoms with Crippen LogP contribution in [-0.4, -0.2) is 15.3 Å². The molecule has 0 amide bonds. The molecule has 1 N–H and O–H groups in total. The molecule has 1 heterocycles. The molecule has 0 aliphatic heterocycles. The summed E-state index contributed by atoms with van der Waals surface area (Å²) >= 11 is 9.86. The summed E-state index contributed by atoms with van der Waals surface area (Å²) in [6.07, 6.45) is 4.13. The van der Waals surface area contributed by atoms with Gasteiger partial charge in [-0.15, -0.1) is 11.6 Å². The minimum atomic E-state index is 0.0456. The average Bonchev–Trinajstić information content (AvgIpc) is 2.69. The number of hydrogen-bond donors (Lipinski definition) is 1. The Morgan fingerprint density at radius 2 is 2.17 bits per heavy atom. The lowest BCUT2D eigenvalue weighted by Gasteiger charge is -2.18. The van der Waals surface area contributed by atoms with Crippen LogP contribution < -0.4 is 5.32 Å². The molecule has 1 aromatic carbocycles. The number of rotatable bonds is 2. The first-order chi connectivity index (χ1) is 8.75. The monoisotopic (exact) mass is 323 g/mol. The van der Waals surface area contributed by atoms with Gasteiger partial charge in [0.05, 0.1) is 15.9 Å². The molecule has 18 heavy (non-hydrogen) atoms. The van der Waals surface area contributed by atoms with Crippen molar-refractivity contribution in [3.8, 4) is 0 Å². The molecule has 3 nitrogen and oxygen atoms in total. The summed E-state index contributed by atoms with van der Waals surface area (Å²) in [6.45, 7) is 0. The third-order valence-electron chi connectivity index (χ3n) is 3.13. The van der Waals surface area contributed by atoms with Gasteiger partial charge in [0.2, 0.25) is 0 Å². The van der Waals surface area contributed by atoms with Crippen molar-refractivity contribution in [3.63, 3.8) is 0 Å². The molecular weight excluding hydrogens is 314 g/mol. The molecule has 0 fully saturated rings. The molecule has 1 aliphatic carbocycles. The van der Waals surface area contributed by atoms with Crippen molar-refractivity contribution in [2.75, 3.05) is 5.32 Å². The normalized spacial score (nSPS) is 21.7. The summed E-state index contributed by atoms with van der Waals surface area (Å²) in [5, 5.41) is 3.43. The first-order valence-electron chi connectivity index (χ1n) is 5.69. The van der Waals surface area contributed by atoms with Crippen LogP contribution in [0.3, 0.4) is 0 Å². The third kappa shape index (κ3) is 2.10. The van der Waals surface area contributed by atoms with Crippen LogP contribution in [-0.2, 0) is 6.42 Å². The zero-order chi connectivity index (χ0) is 12.5. The zero-order valence-corrected chi connectivity index (χ0v) is 11.8. The molecule has 0 saturated carbocycles. The number of nitrogens with one attached hydrogen (secondary N) is 1.